The van der Waals surface area contributed by atoms with Gasteiger partial charge in [-0.2, -0.15) is 0 Å². The molecule has 1 heterocycles. The van der Waals surface area contributed by atoms with Gasteiger partial charge in [0.15, 0.2) is 0 Å². The molecule has 1 aliphatic rings. The van der Waals surface area contributed by atoms with Gasteiger partial charge >= 0.3 is 0 Å². The van der Waals surface area contributed by atoms with Crippen LogP contribution >= 0.6 is 0 Å². The molecule has 0 aliphatic carbocycles. The molecule has 0 bridgehead atoms. The fraction of sp³-hybridized carbons (Fsp3) is 1.00. The van der Waals surface area contributed by atoms with Gasteiger partial charge in [0.25, 0.3) is 0 Å². The summed E-state index contributed by atoms with van der Waals surface area (Å²) in [4.78, 5) is 2.69. The van der Waals surface area contributed by atoms with Crippen molar-refractivity contribution in [1.82, 2.24) is 10.2 Å². The molecule has 2 nitrogen and oxygen atoms in total. The Morgan fingerprint density at radius 3 is 2.62 bits per heavy atom. The molecule has 2 atom stereocenters. The second kappa shape index (κ2) is 6.02. The number of likely N-dealkylation sites (tertiary alicyclic amines) is 1. The number of rotatable bonds is 5. The largest absolute Gasteiger partial charge is 0.311 e. The molecule has 1 saturated heterocycles. The van der Waals surface area contributed by atoms with E-state index in [9.17, 15) is 0 Å². The Kier molecular flexibility index (Phi) is 5.26. The summed E-state index contributed by atoms with van der Waals surface area (Å²) in [5.74, 6) is 0.843. The fourth-order valence-electron chi connectivity index (χ4n) is 2.32. The van der Waals surface area contributed by atoms with Crippen molar-refractivity contribution < 1.29 is 0 Å². The first kappa shape index (κ1) is 14.0. The number of hydrogen-bond donors (Lipinski definition) is 1. The highest BCUT2D eigenvalue weighted by Crippen LogP contribution is 2.19. The highest BCUT2D eigenvalue weighted by Gasteiger charge is 2.26. The Hall–Kier alpha value is -0.0800. The fourth-order valence-corrected chi connectivity index (χ4v) is 2.32. The molecule has 0 aromatic rings. The van der Waals surface area contributed by atoms with Crippen LogP contribution in [0.5, 0.6) is 0 Å². The Morgan fingerprint density at radius 2 is 2.06 bits per heavy atom. The minimum Gasteiger partial charge on any atom is -0.311 e. The maximum atomic E-state index is 3.64. The molecule has 2 unspecified atom stereocenters. The zero-order valence-corrected chi connectivity index (χ0v) is 11.8. The predicted molar refractivity (Wildman–Crippen MR) is 71.8 cm³/mol. The molecule has 1 aliphatic heterocycles. The zero-order chi connectivity index (χ0) is 12.2. The molecule has 0 aromatic heterocycles. The van der Waals surface area contributed by atoms with E-state index in [1.807, 2.05) is 0 Å². The lowest BCUT2D eigenvalue weighted by Gasteiger charge is -2.30. The molecule has 1 N–H and O–H groups in total. The van der Waals surface area contributed by atoms with Crippen molar-refractivity contribution in [2.24, 2.45) is 5.92 Å². The normalized spacial score (nSPS) is 24.9. The second-order valence-corrected chi connectivity index (χ2v) is 6.44. The van der Waals surface area contributed by atoms with E-state index >= 15 is 0 Å². The summed E-state index contributed by atoms with van der Waals surface area (Å²) in [5.41, 5.74) is 0.255. The topological polar surface area (TPSA) is 15.3 Å². The quantitative estimate of drug-likeness (QED) is 0.775. The summed E-state index contributed by atoms with van der Waals surface area (Å²) in [5, 5.41) is 3.64. The van der Waals surface area contributed by atoms with Crippen LogP contribution in [-0.2, 0) is 0 Å². The van der Waals surface area contributed by atoms with Crippen LogP contribution in [0.25, 0.3) is 0 Å². The molecule has 0 radical (unpaired) electrons. The monoisotopic (exact) mass is 226 g/mol. The zero-order valence-electron chi connectivity index (χ0n) is 11.8. The van der Waals surface area contributed by atoms with Crippen LogP contribution in [0.4, 0.5) is 0 Å². The van der Waals surface area contributed by atoms with E-state index in [1.54, 1.807) is 0 Å². The first-order valence-electron chi connectivity index (χ1n) is 6.91. The van der Waals surface area contributed by atoms with Gasteiger partial charge in [-0.3, -0.25) is 4.90 Å². The van der Waals surface area contributed by atoms with E-state index in [0.717, 1.165) is 18.5 Å². The third-order valence-electron chi connectivity index (χ3n) is 3.61. The smallest absolute Gasteiger partial charge is 0.0221 e. The number of hydrogen-bond acceptors (Lipinski definition) is 2. The van der Waals surface area contributed by atoms with Gasteiger partial charge in [0.1, 0.15) is 0 Å². The summed E-state index contributed by atoms with van der Waals surface area (Å²) in [6, 6.07) is 0.772. The Morgan fingerprint density at radius 1 is 1.38 bits per heavy atom. The molecule has 1 fully saturated rings. The lowest BCUT2D eigenvalue weighted by molar-refractivity contribution is 0.204. The van der Waals surface area contributed by atoms with Crippen molar-refractivity contribution in [3.05, 3.63) is 0 Å². The molecule has 0 amide bonds. The van der Waals surface area contributed by atoms with Crippen LogP contribution in [0.1, 0.15) is 53.9 Å². The molecule has 0 aromatic carbocycles. The third kappa shape index (κ3) is 4.84. The van der Waals surface area contributed by atoms with Crippen molar-refractivity contribution in [2.45, 2.75) is 65.5 Å². The standard InChI is InChI=1S/C14H30N2/c1-6-12(2)11-16-9-7-8-13(16)10-15-14(3,4)5/h12-13,15H,6-11H2,1-5H3. The molecular formula is C14H30N2. The van der Waals surface area contributed by atoms with Gasteiger partial charge in [-0.25, -0.2) is 0 Å². The first-order valence-corrected chi connectivity index (χ1v) is 6.91. The number of nitrogens with one attached hydrogen (secondary N) is 1. The highest BCUT2D eigenvalue weighted by atomic mass is 15.2. The van der Waals surface area contributed by atoms with E-state index in [1.165, 1.54) is 32.4 Å². The van der Waals surface area contributed by atoms with Crippen LogP contribution in [0.3, 0.4) is 0 Å². The van der Waals surface area contributed by atoms with Crippen molar-refractivity contribution >= 4 is 0 Å². The summed E-state index contributed by atoms with van der Waals surface area (Å²) >= 11 is 0. The number of nitrogens with zero attached hydrogens (tertiary/aromatic N) is 1. The predicted octanol–water partition coefficient (Wildman–Crippen LogP) is 2.89. The second-order valence-electron chi connectivity index (χ2n) is 6.44. The van der Waals surface area contributed by atoms with Crippen LogP contribution in [0, 0.1) is 5.92 Å². The van der Waals surface area contributed by atoms with Crippen molar-refractivity contribution in [1.29, 1.82) is 0 Å². The highest BCUT2D eigenvalue weighted by molar-refractivity contribution is 4.84. The Balaban J connectivity index is 2.34. The summed E-state index contributed by atoms with van der Waals surface area (Å²) in [6.07, 6.45) is 4.06. The molecule has 0 saturated carbocycles. The van der Waals surface area contributed by atoms with E-state index in [2.05, 4.69) is 44.8 Å². The van der Waals surface area contributed by atoms with Gasteiger partial charge in [-0.05, 0) is 46.1 Å². The Labute approximate surface area is 102 Å². The summed E-state index contributed by atoms with van der Waals surface area (Å²) < 4.78 is 0. The first-order chi connectivity index (χ1) is 7.42. The van der Waals surface area contributed by atoms with Crippen LogP contribution in [0.2, 0.25) is 0 Å². The van der Waals surface area contributed by atoms with Crippen LogP contribution in [-0.4, -0.2) is 36.1 Å². The van der Waals surface area contributed by atoms with Gasteiger partial charge in [0, 0.05) is 24.7 Å². The molecule has 2 heteroatoms. The van der Waals surface area contributed by atoms with Gasteiger partial charge < -0.3 is 5.32 Å². The van der Waals surface area contributed by atoms with Crippen LogP contribution < -0.4 is 5.32 Å². The van der Waals surface area contributed by atoms with Crippen molar-refractivity contribution in [2.75, 3.05) is 19.6 Å². The van der Waals surface area contributed by atoms with Gasteiger partial charge in [-0.1, -0.05) is 20.3 Å². The van der Waals surface area contributed by atoms with E-state index in [-0.39, 0.29) is 5.54 Å². The third-order valence-corrected chi connectivity index (χ3v) is 3.61. The van der Waals surface area contributed by atoms with Crippen LogP contribution in [0.15, 0.2) is 0 Å². The van der Waals surface area contributed by atoms with Gasteiger partial charge in [0.05, 0.1) is 0 Å². The van der Waals surface area contributed by atoms with Crippen molar-refractivity contribution in [3.8, 4) is 0 Å². The van der Waals surface area contributed by atoms with Gasteiger partial charge in [0.2, 0.25) is 0 Å². The average Bonchev–Trinajstić information content (AvgIpc) is 2.61. The minimum absolute atomic E-state index is 0.255. The SMILES string of the molecule is CCC(C)CN1CCCC1CNC(C)(C)C. The molecule has 0 spiro atoms. The van der Waals surface area contributed by atoms with E-state index in [4.69, 9.17) is 0 Å². The molecular weight excluding hydrogens is 196 g/mol. The maximum Gasteiger partial charge on any atom is 0.0221 e. The average molecular weight is 226 g/mol. The van der Waals surface area contributed by atoms with Crippen molar-refractivity contribution in [3.63, 3.8) is 0 Å². The maximum absolute atomic E-state index is 3.64. The van der Waals surface area contributed by atoms with E-state index < -0.39 is 0 Å². The molecule has 16 heavy (non-hydrogen) atoms. The molecule has 96 valence electrons. The minimum atomic E-state index is 0.255. The Bertz CT molecular complexity index is 195. The van der Waals surface area contributed by atoms with Gasteiger partial charge in [-0.15, -0.1) is 0 Å². The lowest BCUT2D eigenvalue weighted by Crippen LogP contribution is -2.46. The summed E-state index contributed by atoms with van der Waals surface area (Å²) in [7, 11) is 0. The summed E-state index contributed by atoms with van der Waals surface area (Å²) in [6.45, 7) is 15.2. The molecule has 1 rings (SSSR count). The lowest BCUT2D eigenvalue weighted by atomic mass is 10.1. The van der Waals surface area contributed by atoms with E-state index in [0.29, 0.717) is 0 Å².